The topological polar surface area (TPSA) is 112 Å². The summed E-state index contributed by atoms with van der Waals surface area (Å²) in [5.74, 6) is 6.51. The van der Waals surface area contributed by atoms with E-state index in [4.69, 9.17) is 11.6 Å². The Labute approximate surface area is 204 Å². The first-order valence-electron chi connectivity index (χ1n) is 11.0. The molecule has 3 aromatic heterocycles. The van der Waals surface area contributed by atoms with Gasteiger partial charge in [-0.15, -0.1) is 0 Å². The fourth-order valence-electron chi connectivity index (χ4n) is 3.60. The van der Waals surface area contributed by atoms with Gasteiger partial charge in [0.05, 0.1) is 18.3 Å². The summed E-state index contributed by atoms with van der Waals surface area (Å²) in [5.41, 5.74) is 3.60. The molecule has 1 fully saturated rings. The fourth-order valence-corrected chi connectivity index (χ4v) is 3.77. The van der Waals surface area contributed by atoms with E-state index in [-0.39, 0.29) is 6.54 Å². The van der Waals surface area contributed by atoms with Crippen LogP contribution in [-0.4, -0.2) is 35.1 Å². The van der Waals surface area contributed by atoms with Crippen molar-refractivity contribution in [3.63, 3.8) is 0 Å². The number of hydrazone groups is 1. The maximum absolute atomic E-state index is 13.2. The van der Waals surface area contributed by atoms with Crippen LogP contribution >= 0.6 is 11.6 Å². The third kappa shape index (κ3) is 5.31. The first kappa shape index (κ1) is 22.6. The van der Waals surface area contributed by atoms with E-state index in [2.05, 4.69) is 37.4 Å². The average Bonchev–Trinajstić information content (AvgIpc) is 3.52. The number of fused-ring (bicyclic) bond motifs is 1. The Hall–Kier alpha value is -4.23. The van der Waals surface area contributed by atoms with Gasteiger partial charge in [-0.05, 0) is 43.0 Å². The van der Waals surface area contributed by atoms with Crippen LogP contribution in [-0.2, 0) is 19.6 Å². The number of nitrogens with one attached hydrogen (secondary N) is 1. The smallest absolute Gasteiger partial charge is 0.278 e. The lowest BCUT2D eigenvalue weighted by Gasteiger charge is -2.13. The second-order valence-corrected chi connectivity index (χ2v) is 8.61. The minimum atomic E-state index is -0.448. The number of hydrogen-bond donors (Lipinski definition) is 1. The van der Waals surface area contributed by atoms with Crippen LogP contribution in [0.2, 0.25) is 5.02 Å². The lowest BCUT2D eigenvalue weighted by molar-refractivity contribution is 0.555. The van der Waals surface area contributed by atoms with Gasteiger partial charge in [-0.25, -0.2) is 19.0 Å². The molecule has 0 spiro atoms. The van der Waals surface area contributed by atoms with Crippen molar-refractivity contribution in [2.45, 2.75) is 32.5 Å². The van der Waals surface area contributed by atoms with Crippen molar-refractivity contribution in [2.75, 3.05) is 5.43 Å². The normalized spacial score (nSPS) is 13.2. The zero-order valence-electron chi connectivity index (χ0n) is 18.6. The van der Waals surface area contributed by atoms with Gasteiger partial charge in [0, 0.05) is 34.8 Å². The Morgan fingerprint density at radius 3 is 2.80 bits per heavy atom. The van der Waals surface area contributed by atoms with Crippen LogP contribution < -0.4 is 16.7 Å². The molecule has 11 heteroatoms. The number of rotatable bonds is 7. The first-order chi connectivity index (χ1) is 17.1. The Morgan fingerprint density at radius 2 is 2.00 bits per heavy atom. The summed E-state index contributed by atoms with van der Waals surface area (Å²) in [6.07, 6.45) is 8.38. The standard InChI is InChI=1S/C24H21ClN8O2/c25-19-5-6-21-20(11-19)18(7-8-27-21)13-28-30-22-12-23(34)32(24(35)33(22)14-17-3-4-17)10-2-1-9-31-16-26-15-29-31/h5-8,11-13,15-17,30H,3-4,9-10,14H2/b28-13+. The molecule has 1 aliphatic carbocycles. The van der Waals surface area contributed by atoms with E-state index >= 15 is 0 Å². The van der Waals surface area contributed by atoms with E-state index in [9.17, 15) is 9.59 Å². The molecule has 5 rings (SSSR count). The van der Waals surface area contributed by atoms with Crippen molar-refractivity contribution in [2.24, 2.45) is 11.0 Å². The third-order valence-corrected chi connectivity index (χ3v) is 5.84. The molecular weight excluding hydrogens is 468 g/mol. The summed E-state index contributed by atoms with van der Waals surface area (Å²) in [5, 5.41) is 9.71. The number of benzene rings is 1. The number of aromatic nitrogens is 6. The number of pyridine rings is 1. The quantitative estimate of drug-likeness (QED) is 0.243. The van der Waals surface area contributed by atoms with Crippen molar-refractivity contribution < 1.29 is 0 Å². The van der Waals surface area contributed by atoms with Crippen molar-refractivity contribution in [3.05, 3.63) is 80.6 Å². The molecular formula is C24H21ClN8O2. The maximum atomic E-state index is 13.2. The van der Waals surface area contributed by atoms with Crippen molar-refractivity contribution >= 4 is 34.5 Å². The van der Waals surface area contributed by atoms with Gasteiger partial charge < -0.3 is 0 Å². The Balaban J connectivity index is 1.40. The summed E-state index contributed by atoms with van der Waals surface area (Å²) >= 11 is 6.14. The van der Waals surface area contributed by atoms with Crippen LogP contribution in [0.15, 0.2) is 63.9 Å². The molecule has 0 unspecified atom stereocenters. The predicted octanol–water partition coefficient (Wildman–Crippen LogP) is 2.36. The molecule has 1 aliphatic rings. The van der Waals surface area contributed by atoms with E-state index in [0.29, 0.717) is 29.8 Å². The van der Waals surface area contributed by atoms with E-state index in [1.165, 1.54) is 12.4 Å². The van der Waals surface area contributed by atoms with Gasteiger partial charge in [0.15, 0.2) is 0 Å². The number of nitrogens with zero attached hydrogens (tertiary/aromatic N) is 7. The molecule has 0 bridgehead atoms. The first-order valence-corrected chi connectivity index (χ1v) is 11.4. The number of halogens is 1. The van der Waals surface area contributed by atoms with Gasteiger partial charge in [-0.2, -0.15) is 10.2 Å². The van der Waals surface area contributed by atoms with Gasteiger partial charge in [0.25, 0.3) is 5.56 Å². The van der Waals surface area contributed by atoms with Crippen molar-refractivity contribution in [1.29, 1.82) is 0 Å². The van der Waals surface area contributed by atoms with Gasteiger partial charge in [0.1, 0.15) is 25.0 Å². The maximum Gasteiger partial charge on any atom is 0.333 e. The highest BCUT2D eigenvalue weighted by molar-refractivity contribution is 6.31. The van der Waals surface area contributed by atoms with Crippen LogP contribution in [0.3, 0.4) is 0 Å². The second-order valence-electron chi connectivity index (χ2n) is 8.17. The molecule has 0 amide bonds. The molecule has 1 saturated carbocycles. The average molecular weight is 489 g/mol. The monoisotopic (exact) mass is 488 g/mol. The van der Waals surface area contributed by atoms with E-state index < -0.39 is 11.2 Å². The summed E-state index contributed by atoms with van der Waals surface area (Å²) in [6.45, 7) is 0.829. The lowest BCUT2D eigenvalue weighted by atomic mass is 10.1. The highest BCUT2D eigenvalue weighted by atomic mass is 35.5. The molecule has 1 N–H and O–H groups in total. The van der Waals surface area contributed by atoms with Crippen LogP contribution in [0.5, 0.6) is 0 Å². The lowest BCUT2D eigenvalue weighted by Crippen LogP contribution is -2.40. The largest absolute Gasteiger partial charge is 0.333 e. The molecule has 35 heavy (non-hydrogen) atoms. The van der Waals surface area contributed by atoms with Gasteiger partial charge >= 0.3 is 5.69 Å². The van der Waals surface area contributed by atoms with E-state index in [1.54, 1.807) is 34.1 Å². The molecule has 0 atom stereocenters. The molecule has 4 aromatic rings. The van der Waals surface area contributed by atoms with E-state index in [1.807, 2.05) is 18.2 Å². The highest BCUT2D eigenvalue weighted by Crippen LogP contribution is 2.30. The zero-order chi connectivity index (χ0) is 24.2. The van der Waals surface area contributed by atoms with Gasteiger partial charge in [-0.1, -0.05) is 23.4 Å². The number of hydrogen-bond acceptors (Lipinski definition) is 7. The second kappa shape index (κ2) is 9.95. The molecule has 3 heterocycles. The molecule has 176 valence electrons. The Morgan fingerprint density at radius 1 is 1.14 bits per heavy atom. The minimum absolute atomic E-state index is 0.00958. The minimum Gasteiger partial charge on any atom is -0.278 e. The van der Waals surface area contributed by atoms with Crippen LogP contribution in [0, 0.1) is 17.8 Å². The zero-order valence-corrected chi connectivity index (χ0v) is 19.4. The molecule has 0 radical (unpaired) electrons. The summed E-state index contributed by atoms with van der Waals surface area (Å²) < 4.78 is 4.24. The van der Waals surface area contributed by atoms with Crippen molar-refractivity contribution in [3.8, 4) is 11.8 Å². The molecule has 10 nitrogen and oxygen atoms in total. The summed E-state index contributed by atoms with van der Waals surface area (Å²) in [6, 6.07) is 8.63. The van der Waals surface area contributed by atoms with Crippen LogP contribution in [0.25, 0.3) is 10.9 Å². The summed E-state index contributed by atoms with van der Waals surface area (Å²) in [7, 11) is 0. The molecule has 1 aromatic carbocycles. The van der Waals surface area contributed by atoms with Gasteiger partial charge in [0.2, 0.25) is 0 Å². The molecule has 0 saturated heterocycles. The predicted molar refractivity (Wildman–Crippen MR) is 133 cm³/mol. The molecule has 0 aliphatic heterocycles. The summed E-state index contributed by atoms with van der Waals surface area (Å²) in [4.78, 5) is 34.1. The van der Waals surface area contributed by atoms with Crippen LogP contribution in [0.4, 0.5) is 5.82 Å². The number of anilines is 1. The van der Waals surface area contributed by atoms with Gasteiger partial charge in [-0.3, -0.25) is 19.8 Å². The SMILES string of the molecule is O=c1cc(N/N=C/c2ccnc3ccc(Cl)cc23)n(CC2CC2)c(=O)n1CC#CCn1cncn1. The third-order valence-electron chi connectivity index (χ3n) is 5.61. The van der Waals surface area contributed by atoms with Crippen LogP contribution in [0.1, 0.15) is 18.4 Å². The fraction of sp³-hybridized carbons (Fsp3) is 0.250. The Bertz CT molecular complexity index is 1570. The van der Waals surface area contributed by atoms with E-state index in [0.717, 1.165) is 33.9 Å². The highest BCUT2D eigenvalue weighted by Gasteiger charge is 2.24. The van der Waals surface area contributed by atoms with Crippen molar-refractivity contribution in [1.82, 2.24) is 28.9 Å². The Kier molecular flexibility index (Phi) is 6.41.